The van der Waals surface area contributed by atoms with Gasteiger partial charge >= 0.3 is 5.97 Å². The summed E-state index contributed by atoms with van der Waals surface area (Å²) in [7, 11) is 1.64. The predicted molar refractivity (Wildman–Crippen MR) is 102 cm³/mol. The first-order chi connectivity index (χ1) is 12.1. The Hall–Kier alpha value is -1.92. The number of rotatable bonds is 7. The minimum absolute atomic E-state index is 0.000110. The van der Waals surface area contributed by atoms with Gasteiger partial charge in [0.25, 0.3) is 0 Å². The van der Waals surface area contributed by atoms with Gasteiger partial charge in [-0.3, -0.25) is 0 Å². The van der Waals surface area contributed by atoms with Crippen molar-refractivity contribution in [3.8, 4) is 0 Å². The molecule has 0 radical (unpaired) electrons. The van der Waals surface area contributed by atoms with Gasteiger partial charge in [0.15, 0.2) is 0 Å². The number of ether oxygens (including phenoxy) is 2. The van der Waals surface area contributed by atoms with E-state index < -0.39 is 5.97 Å². The summed E-state index contributed by atoms with van der Waals surface area (Å²) in [6.07, 6.45) is 1.77. The van der Waals surface area contributed by atoms with Crippen molar-refractivity contribution in [2.24, 2.45) is 0 Å². The highest BCUT2D eigenvalue weighted by molar-refractivity contribution is 6.05. The van der Waals surface area contributed by atoms with Crippen LogP contribution in [0.5, 0.6) is 0 Å². The zero-order valence-electron chi connectivity index (χ0n) is 16.8. The van der Waals surface area contributed by atoms with Gasteiger partial charge < -0.3 is 19.6 Å². The van der Waals surface area contributed by atoms with E-state index in [9.17, 15) is 9.90 Å². The minimum Gasteiger partial charge on any atom is -0.478 e. The van der Waals surface area contributed by atoms with Crippen molar-refractivity contribution in [3.05, 3.63) is 28.6 Å². The van der Waals surface area contributed by atoms with Gasteiger partial charge in [0, 0.05) is 30.3 Å². The number of carboxylic acids is 1. The third-order valence-electron chi connectivity index (χ3n) is 4.90. The molecular weight excluding hydrogens is 332 g/mol. The van der Waals surface area contributed by atoms with Crippen molar-refractivity contribution in [2.75, 3.05) is 20.3 Å². The number of aromatic amines is 1. The van der Waals surface area contributed by atoms with Gasteiger partial charge in [-0.2, -0.15) is 0 Å². The topological polar surface area (TPSA) is 84.4 Å². The molecule has 2 rings (SSSR count). The summed E-state index contributed by atoms with van der Waals surface area (Å²) < 4.78 is 11.0. The maximum absolute atomic E-state index is 11.9. The molecule has 2 heterocycles. The first kappa shape index (κ1) is 20.4. The van der Waals surface area contributed by atoms with E-state index in [-0.39, 0.29) is 17.4 Å². The lowest BCUT2D eigenvalue weighted by Crippen LogP contribution is -2.24. The number of methoxy groups -OCH3 is 1. The van der Waals surface area contributed by atoms with Crippen LogP contribution in [0.25, 0.3) is 11.0 Å². The summed E-state index contributed by atoms with van der Waals surface area (Å²) in [4.78, 5) is 19.5. The molecule has 0 aliphatic rings. The highest BCUT2D eigenvalue weighted by Gasteiger charge is 2.30. The molecule has 2 unspecified atom stereocenters. The van der Waals surface area contributed by atoms with E-state index in [1.807, 2.05) is 13.1 Å². The van der Waals surface area contributed by atoms with Crippen molar-refractivity contribution >= 4 is 17.0 Å². The molecular formula is C20H30N2O4. The summed E-state index contributed by atoms with van der Waals surface area (Å²) in [6.45, 7) is 13.2. The fraction of sp³-hybridized carbons (Fsp3) is 0.600. The van der Waals surface area contributed by atoms with Crippen LogP contribution in [-0.4, -0.2) is 47.5 Å². The molecule has 0 amide bonds. The first-order valence-electron chi connectivity index (χ1n) is 8.95. The van der Waals surface area contributed by atoms with Crippen LogP contribution in [0.15, 0.2) is 6.20 Å². The SMILES string of the molecule is COCCOC(C)C(C)c1c(C(C)(C)C)cnc2[nH]c(C)c(C(=O)O)c12. The summed E-state index contributed by atoms with van der Waals surface area (Å²) in [5.74, 6) is -0.942. The molecule has 0 aliphatic heterocycles. The number of carboxylic acid groups (broad SMARTS) is 1. The average molecular weight is 362 g/mol. The van der Waals surface area contributed by atoms with Crippen LogP contribution >= 0.6 is 0 Å². The number of fused-ring (bicyclic) bond motifs is 1. The lowest BCUT2D eigenvalue weighted by Gasteiger charge is -2.29. The summed E-state index contributed by atoms with van der Waals surface area (Å²) in [5, 5.41) is 10.5. The maximum Gasteiger partial charge on any atom is 0.338 e. The van der Waals surface area contributed by atoms with Crippen LogP contribution in [0.1, 0.15) is 67.7 Å². The number of aromatic carboxylic acids is 1. The molecule has 0 saturated carbocycles. The number of hydrogen-bond donors (Lipinski definition) is 2. The normalized spacial score (nSPS) is 14.6. The standard InChI is InChI=1S/C20H30N2O4/c1-11(13(3)26-9-8-25-7)15-14(20(4,5)6)10-21-18-17(15)16(19(23)24)12(2)22-18/h10-11,13H,8-9H2,1-7H3,(H,21,22)(H,23,24). The lowest BCUT2D eigenvalue weighted by atomic mass is 9.78. The van der Waals surface area contributed by atoms with Gasteiger partial charge in [-0.15, -0.1) is 0 Å². The van der Waals surface area contributed by atoms with E-state index >= 15 is 0 Å². The highest BCUT2D eigenvalue weighted by Crippen LogP contribution is 2.39. The number of aromatic nitrogens is 2. The third-order valence-corrected chi connectivity index (χ3v) is 4.90. The van der Waals surface area contributed by atoms with Gasteiger partial charge in [-0.1, -0.05) is 27.7 Å². The van der Waals surface area contributed by atoms with E-state index in [1.165, 1.54) is 0 Å². The Morgan fingerprint density at radius 1 is 1.31 bits per heavy atom. The van der Waals surface area contributed by atoms with Crippen molar-refractivity contribution in [3.63, 3.8) is 0 Å². The highest BCUT2D eigenvalue weighted by atomic mass is 16.5. The Balaban J connectivity index is 2.68. The van der Waals surface area contributed by atoms with Gasteiger partial charge in [-0.05, 0) is 30.4 Å². The molecule has 0 fully saturated rings. The van der Waals surface area contributed by atoms with E-state index in [0.29, 0.717) is 35.5 Å². The number of aryl methyl sites for hydroxylation is 1. The lowest BCUT2D eigenvalue weighted by molar-refractivity contribution is 0.0158. The minimum atomic E-state index is -0.942. The zero-order chi connectivity index (χ0) is 19.6. The Bertz CT molecular complexity index is 789. The molecule has 0 spiro atoms. The molecule has 0 saturated heterocycles. The Morgan fingerprint density at radius 2 is 1.96 bits per heavy atom. The van der Waals surface area contributed by atoms with E-state index in [0.717, 1.165) is 11.1 Å². The van der Waals surface area contributed by atoms with Crippen LogP contribution in [0.2, 0.25) is 0 Å². The van der Waals surface area contributed by atoms with E-state index in [4.69, 9.17) is 9.47 Å². The number of nitrogens with one attached hydrogen (secondary N) is 1. The molecule has 2 N–H and O–H groups in total. The maximum atomic E-state index is 11.9. The van der Waals surface area contributed by atoms with Crippen molar-refractivity contribution < 1.29 is 19.4 Å². The second-order valence-corrected chi connectivity index (χ2v) is 7.85. The Morgan fingerprint density at radius 3 is 2.50 bits per heavy atom. The van der Waals surface area contributed by atoms with Crippen LogP contribution in [0, 0.1) is 6.92 Å². The number of carbonyl (C=O) groups is 1. The molecule has 6 heteroatoms. The Kier molecular flexibility index (Phi) is 6.09. The number of pyridine rings is 1. The number of hydrogen-bond acceptors (Lipinski definition) is 4. The first-order valence-corrected chi connectivity index (χ1v) is 8.95. The molecule has 26 heavy (non-hydrogen) atoms. The Labute approximate surface area is 154 Å². The number of H-pyrrole nitrogens is 1. The molecule has 2 aromatic heterocycles. The smallest absolute Gasteiger partial charge is 0.338 e. The predicted octanol–water partition coefficient (Wildman–Crippen LogP) is 4.02. The second kappa shape index (κ2) is 7.76. The van der Waals surface area contributed by atoms with Gasteiger partial charge in [0.1, 0.15) is 5.65 Å². The van der Waals surface area contributed by atoms with E-state index in [2.05, 4.69) is 37.7 Å². The summed E-state index contributed by atoms with van der Waals surface area (Å²) in [5.41, 5.74) is 3.39. The molecule has 2 aromatic rings. The molecule has 2 atom stereocenters. The number of nitrogens with zero attached hydrogens (tertiary/aromatic N) is 1. The molecule has 0 aromatic carbocycles. The molecule has 0 bridgehead atoms. The summed E-state index contributed by atoms with van der Waals surface area (Å²) in [6, 6.07) is 0. The van der Waals surface area contributed by atoms with Crippen LogP contribution in [0.4, 0.5) is 0 Å². The van der Waals surface area contributed by atoms with Crippen LogP contribution in [0.3, 0.4) is 0 Å². The molecule has 144 valence electrons. The largest absolute Gasteiger partial charge is 0.478 e. The quantitative estimate of drug-likeness (QED) is 0.727. The van der Waals surface area contributed by atoms with Gasteiger partial charge in [0.05, 0.1) is 24.9 Å². The molecule has 0 aliphatic carbocycles. The monoisotopic (exact) mass is 362 g/mol. The fourth-order valence-corrected chi connectivity index (χ4v) is 3.34. The zero-order valence-corrected chi connectivity index (χ0v) is 16.8. The fourth-order valence-electron chi connectivity index (χ4n) is 3.34. The van der Waals surface area contributed by atoms with Crippen molar-refractivity contribution in [2.45, 2.75) is 59.0 Å². The van der Waals surface area contributed by atoms with Gasteiger partial charge in [-0.25, -0.2) is 9.78 Å². The van der Waals surface area contributed by atoms with Crippen LogP contribution in [-0.2, 0) is 14.9 Å². The van der Waals surface area contributed by atoms with Gasteiger partial charge in [0.2, 0.25) is 0 Å². The molecule has 6 nitrogen and oxygen atoms in total. The third kappa shape index (κ3) is 3.91. The van der Waals surface area contributed by atoms with Crippen molar-refractivity contribution in [1.82, 2.24) is 9.97 Å². The average Bonchev–Trinajstić information content (AvgIpc) is 2.88. The van der Waals surface area contributed by atoms with Crippen LogP contribution < -0.4 is 0 Å². The van der Waals surface area contributed by atoms with Crippen molar-refractivity contribution in [1.29, 1.82) is 0 Å². The summed E-state index contributed by atoms with van der Waals surface area (Å²) >= 11 is 0. The second-order valence-electron chi connectivity index (χ2n) is 7.85. The van der Waals surface area contributed by atoms with E-state index in [1.54, 1.807) is 14.0 Å².